The van der Waals surface area contributed by atoms with Crippen LogP contribution in [-0.2, 0) is 0 Å². The fourth-order valence-electron chi connectivity index (χ4n) is 3.15. The number of benzene rings is 3. The third-order valence-electron chi connectivity index (χ3n) is 4.79. The second-order valence-electron chi connectivity index (χ2n) is 6.96. The van der Waals surface area contributed by atoms with Gasteiger partial charge in [0.1, 0.15) is 12.1 Å². The van der Waals surface area contributed by atoms with Crippen LogP contribution >= 0.6 is 11.8 Å². The molecule has 0 spiro atoms. The van der Waals surface area contributed by atoms with Crippen molar-refractivity contribution in [3.8, 4) is 28.9 Å². The number of hydrogen-bond acceptors (Lipinski definition) is 7. The molecule has 0 radical (unpaired) electrons. The van der Waals surface area contributed by atoms with Gasteiger partial charge in [-0.2, -0.15) is 0 Å². The van der Waals surface area contributed by atoms with Gasteiger partial charge < -0.3 is 18.9 Å². The minimum atomic E-state index is -0.338. The van der Waals surface area contributed by atoms with Gasteiger partial charge >= 0.3 is 0 Å². The van der Waals surface area contributed by atoms with Gasteiger partial charge in [0.15, 0.2) is 23.1 Å². The summed E-state index contributed by atoms with van der Waals surface area (Å²) in [7, 11) is 3.16. The zero-order chi connectivity index (χ0) is 23.0. The number of para-hydroxylation sites is 1. The molecule has 0 unspecified atom stereocenters. The van der Waals surface area contributed by atoms with Gasteiger partial charge in [0.25, 0.3) is 0 Å². The number of rotatable bonds is 10. The SMILES string of the molecule is COc1cc2ncnc(Oc3ccc(SCCCOc4ccccc4F)cc3)c2cc1OC. The summed E-state index contributed by atoms with van der Waals surface area (Å²) < 4.78 is 35.8. The van der Waals surface area contributed by atoms with Crippen molar-refractivity contribution < 1.29 is 23.3 Å². The molecule has 0 N–H and O–H groups in total. The molecule has 0 saturated heterocycles. The van der Waals surface area contributed by atoms with Crippen molar-refractivity contribution in [2.45, 2.75) is 11.3 Å². The number of fused-ring (bicyclic) bond motifs is 1. The lowest BCUT2D eigenvalue weighted by atomic mass is 10.2. The van der Waals surface area contributed by atoms with Crippen molar-refractivity contribution in [2.24, 2.45) is 0 Å². The van der Waals surface area contributed by atoms with Gasteiger partial charge in [0.05, 0.1) is 31.7 Å². The predicted octanol–water partition coefficient (Wildman–Crippen LogP) is 6.14. The third-order valence-corrected chi connectivity index (χ3v) is 5.89. The van der Waals surface area contributed by atoms with Gasteiger partial charge in [-0.1, -0.05) is 12.1 Å². The smallest absolute Gasteiger partial charge is 0.230 e. The van der Waals surface area contributed by atoms with E-state index < -0.39 is 0 Å². The van der Waals surface area contributed by atoms with E-state index in [1.165, 1.54) is 12.4 Å². The first kappa shape index (κ1) is 22.7. The summed E-state index contributed by atoms with van der Waals surface area (Å²) in [6.45, 7) is 0.462. The molecule has 6 nitrogen and oxygen atoms in total. The average molecular weight is 467 g/mol. The number of thioether (sulfide) groups is 1. The minimum absolute atomic E-state index is 0.289. The first-order valence-corrected chi connectivity index (χ1v) is 11.3. The molecule has 170 valence electrons. The Balaban J connectivity index is 1.34. The van der Waals surface area contributed by atoms with Crippen molar-refractivity contribution in [2.75, 3.05) is 26.6 Å². The summed E-state index contributed by atoms with van der Waals surface area (Å²) in [4.78, 5) is 9.68. The molecule has 0 saturated carbocycles. The minimum Gasteiger partial charge on any atom is -0.493 e. The lowest BCUT2D eigenvalue weighted by molar-refractivity contribution is 0.302. The largest absolute Gasteiger partial charge is 0.493 e. The van der Waals surface area contributed by atoms with Crippen LogP contribution in [0.5, 0.6) is 28.9 Å². The Morgan fingerprint density at radius 1 is 0.879 bits per heavy atom. The van der Waals surface area contributed by atoms with E-state index in [0.29, 0.717) is 35.3 Å². The fraction of sp³-hybridized carbons (Fsp3) is 0.200. The van der Waals surface area contributed by atoms with E-state index >= 15 is 0 Å². The maximum absolute atomic E-state index is 13.6. The zero-order valence-corrected chi connectivity index (χ0v) is 19.1. The van der Waals surface area contributed by atoms with Crippen LogP contribution in [-0.4, -0.2) is 36.5 Å². The van der Waals surface area contributed by atoms with Crippen LogP contribution in [0.25, 0.3) is 10.9 Å². The summed E-state index contributed by atoms with van der Waals surface area (Å²) in [5.41, 5.74) is 0.697. The fourth-order valence-corrected chi connectivity index (χ4v) is 3.98. The van der Waals surface area contributed by atoms with E-state index in [-0.39, 0.29) is 11.6 Å². The molecule has 0 aliphatic carbocycles. The van der Waals surface area contributed by atoms with E-state index in [0.717, 1.165) is 22.5 Å². The van der Waals surface area contributed by atoms with Gasteiger partial charge in [0.2, 0.25) is 5.88 Å². The van der Waals surface area contributed by atoms with Crippen LogP contribution in [0.15, 0.2) is 71.9 Å². The first-order chi connectivity index (χ1) is 16.2. The number of hydrogen-bond donors (Lipinski definition) is 0. The summed E-state index contributed by atoms with van der Waals surface area (Å²) in [5, 5.41) is 0.725. The molecule has 0 amide bonds. The molecule has 4 aromatic rings. The van der Waals surface area contributed by atoms with Crippen LogP contribution < -0.4 is 18.9 Å². The van der Waals surface area contributed by atoms with Crippen molar-refractivity contribution in [3.63, 3.8) is 0 Å². The number of halogens is 1. The molecule has 1 heterocycles. The molecule has 0 aliphatic rings. The summed E-state index contributed by atoms with van der Waals surface area (Å²) in [6.07, 6.45) is 2.26. The summed E-state index contributed by atoms with van der Waals surface area (Å²) in [5.74, 6) is 3.08. The van der Waals surface area contributed by atoms with E-state index in [2.05, 4.69) is 9.97 Å². The molecule has 33 heavy (non-hydrogen) atoms. The Hall–Kier alpha value is -3.52. The highest BCUT2D eigenvalue weighted by atomic mass is 32.2. The monoisotopic (exact) mass is 466 g/mol. The van der Waals surface area contributed by atoms with Crippen LogP contribution in [0, 0.1) is 5.82 Å². The van der Waals surface area contributed by atoms with Gasteiger partial charge in [-0.3, -0.25) is 0 Å². The van der Waals surface area contributed by atoms with E-state index in [1.54, 1.807) is 56.3 Å². The normalized spacial score (nSPS) is 10.8. The van der Waals surface area contributed by atoms with Crippen molar-refractivity contribution in [3.05, 3.63) is 72.8 Å². The molecule has 0 bridgehead atoms. The predicted molar refractivity (Wildman–Crippen MR) is 126 cm³/mol. The summed E-state index contributed by atoms with van der Waals surface area (Å²) >= 11 is 1.70. The lowest BCUT2D eigenvalue weighted by Gasteiger charge is -2.11. The Morgan fingerprint density at radius 3 is 2.39 bits per heavy atom. The second-order valence-corrected chi connectivity index (χ2v) is 8.13. The number of ether oxygens (including phenoxy) is 4. The molecular weight excluding hydrogens is 443 g/mol. The Labute approximate surface area is 195 Å². The van der Waals surface area contributed by atoms with Crippen molar-refractivity contribution >= 4 is 22.7 Å². The second kappa shape index (κ2) is 10.9. The van der Waals surface area contributed by atoms with Gasteiger partial charge in [0, 0.05) is 16.7 Å². The van der Waals surface area contributed by atoms with Crippen LogP contribution in [0.3, 0.4) is 0 Å². The molecular formula is C25H23FN2O4S. The van der Waals surface area contributed by atoms with Crippen LogP contribution in [0.1, 0.15) is 6.42 Å². The van der Waals surface area contributed by atoms with Crippen molar-refractivity contribution in [1.29, 1.82) is 0 Å². The summed E-state index contributed by atoms with van der Waals surface area (Å²) in [6, 6.07) is 17.8. The molecule has 3 aromatic carbocycles. The van der Waals surface area contributed by atoms with Gasteiger partial charge in [-0.25, -0.2) is 14.4 Å². The molecule has 0 fully saturated rings. The molecule has 0 atom stereocenters. The highest BCUT2D eigenvalue weighted by Gasteiger charge is 2.12. The highest BCUT2D eigenvalue weighted by Crippen LogP contribution is 2.36. The average Bonchev–Trinajstić information content (AvgIpc) is 2.85. The molecule has 4 rings (SSSR count). The topological polar surface area (TPSA) is 62.7 Å². The molecule has 8 heteroatoms. The zero-order valence-electron chi connectivity index (χ0n) is 18.3. The van der Waals surface area contributed by atoms with Gasteiger partial charge in [-0.15, -0.1) is 11.8 Å². The standard InChI is InChI=1S/C25H23FN2O4S/c1-29-23-14-19-21(15-24(23)30-2)27-16-28-25(19)32-17-8-10-18(11-9-17)33-13-5-12-31-22-7-4-3-6-20(22)26/h3-4,6-11,14-16H,5,12-13H2,1-2H3. The first-order valence-electron chi connectivity index (χ1n) is 10.3. The van der Waals surface area contributed by atoms with E-state index in [4.69, 9.17) is 18.9 Å². The maximum Gasteiger partial charge on any atom is 0.230 e. The van der Waals surface area contributed by atoms with E-state index in [9.17, 15) is 4.39 Å². The highest BCUT2D eigenvalue weighted by molar-refractivity contribution is 7.99. The van der Waals surface area contributed by atoms with E-state index in [1.807, 2.05) is 24.3 Å². The number of aromatic nitrogens is 2. The Kier molecular flexibility index (Phi) is 7.47. The van der Waals surface area contributed by atoms with Gasteiger partial charge in [-0.05, 0) is 48.9 Å². The number of methoxy groups -OCH3 is 2. The lowest BCUT2D eigenvalue weighted by Crippen LogP contribution is -2.00. The Morgan fingerprint density at radius 2 is 1.64 bits per heavy atom. The quantitative estimate of drug-likeness (QED) is 0.205. The van der Waals surface area contributed by atoms with Crippen LogP contribution in [0.4, 0.5) is 4.39 Å². The Bertz CT molecular complexity index is 1220. The van der Waals surface area contributed by atoms with Crippen molar-refractivity contribution in [1.82, 2.24) is 9.97 Å². The third kappa shape index (κ3) is 5.64. The maximum atomic E-state index is 13.6. The molecule has 0 aliphatic heterocycles. The van der Waals surface area contributed by atoms with Crippen LogP contribution in [0.2, 0.25) is 0 Å². The number of nitrogens with zero attached hydrogens (tertiary/aromatic N) is 2. The molecule has 1 aromatic heterocycles.